The molecule has 0 aromatic heterocycles. The van der Waals surface area contributed by atoms with E-state index in [0.29, 0.717) is 17.6 Å². The minimum absolute atomic E-state index is 0.0612. The van der Waals surface area contributed by atoms with Crippen LogP contribution in [-0.4, -0.2) is 199 Å². The van der Waals surface area contributed by atoms with E-state index in [9.17, 15) is 60.3 Å². The number of aliphatic hydroxyl groups excluding tert-OH is 6. The van der Waals surface area contributed by atoms with Gasteiger partial charge in [0, 0.05) is 53.3 Å². The topological polar surface area (TPSA) is 525 Å². The quantitative estimate of drug-likeness (QED) is 0.0648. The maximum atomic E-state index is 16.6. The number of phenolic OH excluding ortho intramolecular Hbond substituents is 3. The molecule has 20 N–H and O–H groups in total. The summed E-state index contributed by atoms with van der Waals surface area (Å²) in [5, 5.41) is 130. The van der Waals surface area contributed by atoms with Crippen molar-refractivity contribution in [1.29, 1.82) is 0 Å². The summed E-state index contributed by atoms with van der Waals surface area (Å²) in [5.41, 5.74) is 3.01. The molecular formula is C85H98Cl2N10O24. The second-order valence-electron chi connectivity index (χ2n) is 33.5. The van der Waals surface area contributed by atoms with Gasteiger partial charge in [0.05, 0.1) is 47.9 Å². The van der Waals surface area contributed by atoms with E-state index in [-0.39, 0.29) is 104 Å². The molecule has 646 valence electrons. The predicted molar refractivity (Wildman–Crippen MR) is 430 cm³/mol. The van der Waals surface area contributed by atoms with Crippen molar-refractivity contribution in [2.24, 2.45) is 41.2 Å². The van der Waals surface area contributed by atoms with Gasteiger partial charge < -0.3 is 123 Å². The Kier molecular flexibility index (Phi) is 25.5. The van der Waals surface area contributed by atoms with Crippen molar-refractivity contribution in [2.75, 3.05) is 20.8 Å². The lowest BCUT2D eigenvalue weighted by Gasteiger charge is -2.54. The van der Waals surface area contributed by atoms with Crippen LogP contribution < -0.4 is 72.5 Å². The molecule has 5 aliphatic carbocycles. The zero-order valence-corrected chi connectivity index (χ0v) is 68.2. The van der Waals surface area contributed by atoms with E-state index in [1.54, 1.807) is 6.92 Å². The Balaban J connectivity index is 0.971. The molecule has 0 unspecified atom stereocenters. The van der Waals surface area contributed by atoms with Crippen LogP contribution in [0.3, 0.4) is 0 Å². The van der Waals surface area contributed by atoms with Gasteiger partial charge in [-0.25, -0.2) is 0 Å². The van der Waals surface area contributed by atoms with E-state index in [0.717, 1.165) is 86.7 Å². The third kappa shape index (κ3) is 18.2. The van der Waals surface area contributed by atoms with Crippen LogP contribution in [-0.2, 0) is 47.8 Å². The van der Waals surface area contributed by atoms with E-state index in [4.69, 9.17) is 57.4 Å². The minimum Gasteiger partial charge on any atom is -0.508 e. The van der Waals surface area contributed by atoms with Crippen molar-refractivity contribution < 1.29 is 118 Å². The number of benzene rings is 6. The van der Waals surface area contributed by atoms with E-state index < -0.39 is 215 Å². The maximum absolute atomic E-state index is 16.6. The van der Waals surface area contributed by atoms with Gasteiger partial charge >= 0.3 is 0 Å². The molecule has 6 heterocycles. The molecule has 36 heteroatoms. The normalized spacial score (nSPS) is 30.9. The van der Waals surface area contributed by atoms with Crippen LogP contribution in [0.15, 0.2) is 103 Å². The molecule has 0 radical (unpaired) electrons. The van der Waals surface area contributed by atoms with E-state index in [1.807, 2.05) is 13.8 Å². The lowest BCUT2D eigenvalue weighted by atomic mass is 9.54. The van der Waals surface area contributed by atoms with Crippen LogP contribution in [0.2, 0.25) is 10.0 Å². The smallest absolute Gasteiger partial charge is 0.257 e. The Morgan fingerprint density at radius 1 is 0.661 bits per heavy atom. The van der Waals surface area contributed by atoms with Gasteiger partial charge in [0.25, 0.3) is 5.91 Å². The SMILES string of the molecule is CN[C@H](CC(C)C)C(=O)N[C@H]1C(=O)N[C@@H](CC(=O)NC(=O)c2ccc(OC)cc2)C(=O)N[C@H]2C(=O)N[C@H]3C(=O)N[C@H](C(=O)N[C@H](C(=O)NC4C5CC6CC(C5)CC4C6)c4cc(O)cc(O)c4-c4cc3ccc4O)[C@H](O)c3ccc(c(Cl)c3)Oc3cc2cc(c3O[C@@H]2C[C@H](CO)[C@@H](O)[C@H](O)[C@H]2O[C@H]2C[C@](C)(N)[C@H](O)[C@H](C)O2)Oc2ccc(cc2Cl)[C@H]1O. The lowest BCUT2D eigenvalue weighted by molar-refractivity contribution is -0.286. The van der Waals surface area contributed by atoms with E-state index >= 15 is 28.8 Å². The molecule has 9 amide bonds. The molecule has 6 aromatic rings. The van der Waals surface area contributed by atoms with Crippen molar-refractivity contribution in [1.82, 2.24) is 47.9 Å². The molecule has 0 spiro atoms. The summed E-state index contributed by atoms with van der Waals surface area (Å²) in [5.74, 6) is -15.0. The molecule has 5 saturated carbocycles. The summed E-state index contributed by atoms with van der Waals surface area (Å²) in [6.45, 7) is 5.97. The molecule has 121 heavy (non-hydrogen) atoms. The van der Waals surface area contributed by atoms with Gasteiger partial charge in [-0.1, -0.05) is 55.2 Å². The summed E-state index contributed by atoms with van der Waals surface area (Å²) < 4.78 is 38.5. The van der Waals surface area contributed by atoms with Crippen molar-refractivity contribution in [2.45, 2.75) is 194 Å². The first-order valence-corrected chi connectivity index (χ1v) is 40.9. The first-order chi connectivity index (χ1) is 57.5. The zero-order valence-electron chi connectivity index (χ0n) is 66.6. The third-order valence-corrected chi connectivity index (χ3v) is 25.0. The van der Waals surface area contributed by atoms with Crippen LogP contribution in [0, 0.1) is 35.5 Å². The van der Waals surface area contributed by atoms with Gasteiger partial charge in [-0.15, -0.1) is 0 Å². The fraction of sp³-hybridized carbons (Fsp3) is 0.471. The Labute approximate surface area is 704 Å². The van der Waals surface area contributed by atoms with Crippen molar-refractivity contribution in [3.63, 3.8) is 0 Å². The molecule has 15 bridgehead atoms. The molecule has 1 saturated heterocycles. The Bertz CT molecular complexity index is 4990. The average molecular weight is 1710 g/mol. The van der Waals surface area contributed by atoms with Gasteiger partial charge in [0.2, 0.25) is 53.0 Å². The highest BCUT2D eigenvalue weighted by Crippen LogP contribution is 2.55. The first kappa shape index (κ1) is 86.9. The summed E-state index contributed by atoms with van der Waals surface area (Å²) in [7, 11) is 2.86. The largest absolute Gasteiger partial charge is 0.508 e. The summed E-state index contributed by atoms with van der Waals surface area (Å²) in [6, 6.07) is 5.75. The molecule has 11 aliphatic rings. The number of rotatable bonds is 16. The second kappa shape index (κ2) is 35.5. The number of carbonyl (C=O) groups is 9. The van der Waals surface area contributed by atoms with Crippen LogP contribution in [0.5, 0.6) is 51.7 Å². The number of imide groups is 1. The number of likely N-dealkylation sites (N-methyl/N-ethyl adjacent to an activating group) is 1. The number of nitrogens with one attached hydrogen (secondary N) is 9. The van der Waals surface area contributed by atoms with Crippen molar-refractivity contribution >= 4 is 76.4 Å². The molecule has 6 aromatic carbocycles. The monoisotopic (exact) mass is 1710 g/mol. The highest BCUT2D eigenvalue weighted by Gasteiger charge is 2.53. The Morgan fingerprint density at radius 2 is 1.27 bits per heavy atom. The number of hydrogen-bond acceptors (Lipinski definition) is 26. The van der Waals surface area contributed by atoms with Crippen molar-refractivity contribution in [3.8, 4) is 62.9 Å². The number of phenols is 3. The third-order valence-electron chi connectivity index (χ3n) is 24.4. The van der Waals surface area contributed by atoms with Crippen LogP contribution in [0.25, 0.3) is 11.1 Å². The zero-order chi connectivity index (χ0) is 86.6. The van der Waals surface area contributed by atoms with Gasteiger partial charge in [-0.3, -0.25) is 48.5 Å². The van der Waals surface area contributed by atoms with Gasteiger partial charge in [-0.2, -0.15) is 0 Å². The minimum atomic E-state index is -2.38. The number of halogens is 2. The Hall–Kier alpha value is -10.5. The van der Waals surface area contributed by atoms with Crippen molar-refractivity contribution in [3.05, 3.63) is 147 Å². The number of aromatic hydroxyl groups is 3. The summed E-state index contributed by atoms with van der Waals surface area (Å²) >= 11 is 14.5. The van der Waals surface area contributed by atoms with E-state index in [2.05, 4.69) is 47.9 Å². The standard InChI is InChI=1S/C85H98Cl2N10O24/c1-34(2)17-52(89-5)78(109)96-68-70(103)40-10-15-56(50(86)24-40)118-58-26-44-27-59(74(58)120-60-28-45(33-98)72(105)73(106)75(60)121-62-32-85(4,88)76(107)35(3)117-62)119-57-16-11-41(25-51(57)87)71(104)69-84(115)95-67(82(113)92-64-42-19-36-18-37(21-42)22-43(64)20-36)49-29-46(99)30-55(101)63(49)48-23-39(9-14-54(48)100)65(80(111)97-69)94-81(112)66(44)93-79(110)53(90-83(68)114)31-61(102)91-77(108)38-7-12-47(116-6)13-8-38/h7-16,23-27,29-30,34-37,42-43,45,52-53,60,62,64-73,75-76,89,98-101,103-107H,17-22,28,31-33,88H2,1-6H3,(H,90,114)(H,92,113)(H,93,110)(H,94,112)(H,95,115)(H,96,109)(H,97,111)(H,91,102,108)/t35-,36?,37?,42?,43?,45+,52+,53-,60+,62-,64?,65+,66+,67-,68+,69-,70+,71+,72+,73-,75-,76+,85-/m0/s1. The molecule has 17 rings (SSSR count). The second-order valence-corrected chi connectivity index (χ2v) is 34.3. The molecule has 18 atom stereocenters. The Morgan fingerprint density at radius 3 is 1.88 bits per heavy atom. The van der Waals surface area contributed by atoms with Crippen LogP contribution >= 0.6 is 23.2 Å². The number of fused-ring (bicyclic) bond motifs is 15. The van der Waals surface area contributed by atoms with Crippen LogP contribution in [0.4, 0.5) is 0 Å². The fourth-order valence-electron chi connectivity index (χ4n) is 18.4. The number of amides is 9. The summed E-state index contributed by atoms with van der Waals surface area (Å²) in [4.78, 5) is 138. The first-order valence-electron chi connectivity index (χ1n) is 40.1. The predicted octanol–water partition coefficient (Wildman–Crippen LogP) is 4.11. The molecular weight excluding hydrogens is 1620 g/mol. The van der Waals surface area contributed by atoms with Gasteiger partial charge in [0.15, 0.2) is 17.8 Å². The number of ether oxygens (including phenoxy) is 6. The number of nitrogens with two attached hydrogens (primary N) is 1. The van der Waals surface area contributed by atoms with E-state index in [1.165, 1.54) is 69.6 Å². The summed E-state index contributed by atoms with van der Waals surface area (Å²) in [6.07, 6.45) is -11.9. The maximum Gasteiger partial charge on any atom is 0.257 e. The van der Waals surface area contributed by atoms with Gasteiger partial charge in [0.1, 0.15) is 101 Å². The van der Waals surface area contributed by atoms with Crippen LogP contribution in [0.1, 0.15) is 154 Å². The highest BCUT2D eigenvalue weighted by molar-refractivity contribution is 6.32. The fourth-order valence-corrected chi connectivity index (χ4v) is 18.8. The molecule has 6 fully saturated rings. The lowest BCUT2D eigenvalue weighted by Crippen LogP contribution is -2.63. The number of methoxy groups -OCH3 is 1. The number of carbonyl (C=O) groups excluding carboxylic acids is 9. The average Bonchev–Trinajstić information content (AvgIpc) is 0.753. The highest BCUT2D eigenvalue weighted by atomic mass is 35.5. The van der Waals surface area contributed by atoms with Gasteiger partial charge in [-0.05, 0) is 202 Å². The number of aliphatic hydroxyl groups is 6. The molecule has 6 aliphatic heterocycles. The number of hydrogen-bond donors (Lipinski definition) is 19. The molecule has 34 nitrogen and oxygen atoms in total.